The summed E-state index contributed by atoms with van der Waals surface area (Å²) in [5.41, 5.74) is 0.346. The Morgan fingerprint density at radius 1 is 1.19 bits per heavy atom. The Bertz CT molecular complexity index is 824. The number of hydrogen-bond acceptors (Lipinski definition) is 3. The highest BCUT2D eigenvalue weighted by atomic mass is 79.9. The van der Waals surface area contributed by atoms with E-state index in [4.69, 9.17) is 5.26 Å². The van der Waals surface area contributed by atoms with Crippen LogP contribution in [0.5, 0.6) is 0 Å². The van der Waals surface area contributed by atoms with E-state index in [1.54, 1.807) is 0 Å². The molecule has 0 aliphatic carbocycles. The molecule has 2 aromatic carbocycles. The third-order valence-corrected chi connectivity index (χ3v) is 4.82. The van der Waals surface area contributed by atoms with Crippen molar-refractivity contribution in [1.82, 2.24) is 0 Å². The van der Waals surface area contributed by atoms with E-state index in [1.165, 1.54) is 24.3 Å². The maximum atomic E-state index is 13.7. The second-order valence-corrected chi connectivity index (χ2v) is 6.47. The SMILES string of the molecule is N#Cc1cccc(NS(=O)(=O)c2c(F)cc(F)cc2Br)c1. The lowest BCUT2D eigenvalue weighted by molar-refractivity contribution is 0.548. The average molecular weight is 373 g/mol. The van der Waals surface area contributed by atoms with Crippen LogP contribution in [0.15, 0.2) is 45.8 Å². The van der Waals surface area contributed by atoms with Crippen LogP contribution in [0.3, 0.4) is 0 Å². The second-order valence-electron chi connectivity index (χ2n) is 4.00. The number of benzene rings is 2. The molecule has 1 N–H and O–H groups in total. The van der Waals surface area contributed by atoms with Gasteiger partial charge in [0.15, 0.2) is 0 Å². The molecule has 0 saturated heterocycles. The number of halogens is 3. The Labute approximate surface area is 128 Å². The molecule has 2 rings (SSSR count). The summed E-state index contributed by atoms with van der Waals surface area (Å²) in [7, 11) is -4.26. The van der Waals surface area contributed by atoms with Gasteiger partial charge in [0.25, 0.3) is 10.0 Å². The van der Waals surface area contributed by atoms with Crippen molar-refractivity contribution in [3.63, 3.8) is 0 Å². The van der Waals surface area contributed by atoms with Gasteiger partial charge in [0.1, 0.15) is 16.5 Å². The molecule has 0 aromatic heterocycles. The van der Waals surface area contributed by atoms with E-state index in [0.717, 1.165) is 6.07 Å². The van der Waals surface area contributed by atoms with Gasteiger partial charge in [0.2, 0.25) is 0 Å². The molecule has 0 saturated carbocycles. The largest absolute Gasteiger partial charge is 0.279 e. The zero-order valence-corrected chi connectivity index (χ0v) is 12.7. The fourth-order valence-corrected chi connectivity index (χ4v) is 3.86. The van der Waals surface area contributed by atoms with E-state index in [-0.39, 0.29) is 15.7 Å². The maximum absolute atomic E-state index is 13.7. The van der Waals surface area contributed by atoms with E-state index < -0.39 is 26.6 Å². The second kappa shape index (κ2) is 5.79. The summed E-state index contributed by atoms with van der Waals surface area (Å²) >= 11 is 2.82. The van der Waals surface area contributed by atoms with Crippen molar-refractivity contribution in [2.45, 2.75) is 4.90 Å². The highest BCUT2D eigenvalue weighted by molar-refractivity contribution is 9.10. The third-order valence-electron chi connectivity index (χ3n) is 2.48. The van der Waals surface area contributed by atoms with Crippen molar-refractivity contribution >= 4 is 31.6 Å². The van der Waals surface area contributed by atoms with Gasteiger partial charge in [-0.3, -0.25) is 4.72 Å². The van der Waals surface area contributed by atoms with Crippen molar-refractivity contribution < 1.29 is 17.2 Å². The molecule has 2 aromatic rings. The Hall–Kier alpha value is -1.98. The lowest BCUT2D eigenvalue weighted by Gasteiger charge is -2.10. The highest BCUT2D eigenvalue weighted by Crippen LogP contribution is 2.28. The fourth-order valence-electron chi connectivity index (χ4n) is 1.64. The maximum Gasteiger partial charge on any atom is 0.265 e. The van der Waals surface area contributed by atoms with Crippen molar-refractivity contribution in [2.24, 2.45) is 0 Å². The summed E-state index contributed by atoms with van der Waals surface area (Å²) in [6, 6.07) is 8.86. The van der Waals surface area contributed by atoms with Crippen LogP contribution in [-0.4, -0.2) is 8.42 Å². The van der Waals surface area contributed by atoms with Gasteiger partial charge in [-0.15, -0.1) is 0 Å². The predicted molar refractivity (Wildman–Crippen MR) is 76.0 cm³/mol. The summed E-state index contributed by atoms with van der Waals surface area (Å²) in [5, 5.41) is 8.76. The van der Waals surface area contributed by atoms with Crippen molar-refractivity contribution in [1.29, 1.82) is 5.26 Å². The Balaban J connectivity index is 2.46. The number of sulfonamides is 1. The van der Waals surface area contributed by atoms with Crippen LogP contribution in [0, 0.1) is 23.0 Å². The van der Waals surface area contributed by atoms with Crippen LogP contribution in [0.2, 0.25) is 0 Å². The molecule has 0 radical (unpaired) electrons. The molecule has 21 heavy (non-hydrogen) atoms. The predicted octanol–water partition coefficient (Wildman–Crippen LogP) is 3.40. The third kappa shape index (κ3) is 3.37. The monoisotopic (exact) mass is 372 g/mol. The highest BCUT2D eigenvalue weighted by Gasteiger charge is 2.23. The van der Waals surface area contributed by atoms with Crippen molar-refractivity contribution in [2.75, 3.05) is 4.72 Å². The zero-order chi connectivity index (χ0) is 15.6. The number of nitrogens with zero attached hydrogens (tertiary/aromatic N) is 1. The van der Waals surface area contributed by atoms with Gasteiger partial charge < -0.3 is 0 Å². The number of hydrogen-bond donors (Lipinski definition) is 1. The number of anilines is 1. The molecule has 0 amide bonds. The fraction of sp³-hybridized carbons (Fsp3) is 0. The lowest BCUT2D eigenvalue weighted by atomic mass is 10.2. The standard InChI is InChI=1S/C13H7BrF2N2O2S/c14-11-5-9(15)6-12(16)13(11)21(19,20)18-10-3-1-2-8(4-10)7-17/h1-6,18H. The van der Waals surface area contributed by atoms with Gasteiger partial charge in [0.05, 0.1) is 17.3 Å². The molecular weight excluding hydrogens is 366 g/mol. The first-order valence-corrected chi connectivity index (χ1v) is 7.78. The lowest BCUT2D eigenvalue weighted by Crippen LogP contribution is -2.15. The summed E-state index contributed by atoms with van der Waals surface area (Å²) in [5.74, 6) is -2.12. The molecule has 0 atom stereocenters. The summed E-state index contributed by atoms with van der Waals surface area (Å²) in [4.78, 5) is -0.703. The Morgan fingerprint density at radius 2 is 1.90 bits per heavy atom. The molecule has 0 bridgehead atoms. The molecular formula is C13H7BrF2N2O2S. The molecule has 0 unspecified atom stereocenters. The van der Waals surface area contributed by atoms with E-state index in [9.17, 15) is 17.2 Å². The van der Waals surface area contributed by atoms with Crippen LogP contribution in [0.4, 0.5) is 14.5 Å². The Morgan fingerprint density at radius 3 is 2.52 bits per heavy atom. The summed E-state index contributed by atoms with van der Waals surface area (Å²) < 4.78 is 53.0. The minimum absolute atomic E-state index is 0.102. The molecule has 0 spiro atoms. The molecule has 4 nitrogen and oxygen atoms in total. The van der Waals surface area contributed by atoms with E-state index >= 15 is 0 Å². The number of nitrogens with one attached hydrogen (secondary N) is 1. The smallest absolute Gasteiger partial charge is 0.265 e. The van der Waals surface area contributed by atoms with Crippen molar-refractivity contribution in [3.8, 4) is 6.07 Å². The van der Waals surface area contributed by atoms with Crippen LogP contribution < -0.4 is 4.72 Å². The zero-order valence-electron chi connectivity index (χ0n) is 10.3. The van der Waals surface area contributed by atoms with Gasteiger partial charge in [0, 0.05) is 10.5 Å². The first-order valence-electron chi connectivity index (χ1n) is 5.51. The van der Waals surface area contributed by atoms with Crippen LogP contribution >= 0.6 is 15.9 Å². The van der Waals surface area contributed by atoms with Gasteiger partial charge in [-0.05, 0) is 40.2 Å². The first kappa shape index (κ1) is 15.4. The molecule has 0 aliphatic heterocycles. The van der Waals surface area contributed by atoms with E-state index in [2.05, 4.69) is 20.7 Å². The minimum Gasteiger partial charge on any atom is -0.279 e. The molecule has 0 fully saturated rings. The molecule has 0 heterocycles. The summed E-state index contributed by atoms with van der Waals surface area (Å²) in [6.07, 6.45) is 0. The van der Waals surface area contributed by atoms with Gasteiger partial charge in [-0.1, -0.05) is 6.07 Å². The van der Waals surface area contributed by atoms with Gasteiger partial charge in [-0.2, -0.15) is 5.26 Å². The van der Waals surface area contributed by atoms with E-state index in [0.29, 0.717) is 6.07 Å². The van der Waals surface area contributed by atoms with Crippen LogP contribution in [0.1, 0.15) is 5.56 Å². The molecule has 8 heteroatoms. The number of nitriles is 1. The average Bonchev–Trinajstić information content (AvgIpc) is 2.36. The molecule has 108 valence electrons. The first-order chi connectivity index (χ1) is 9.83. The molecule has 0 aliphatic rings. The Kier molecular flexibility index (Phi) is 4.25. The van der Waals surface area contributed by atoms with Gasteiger partial charge >= 0.3 is 0 Å². The normalized spacial score (nSPS) is 11.0. The topological polar surface area (TPSA) is 70.0 Å². The van der Waals surface area contributed by atoms with E-state index in [1.807, 2.05) is 6.07 Å². The summed E-state index contributed by atoms with van der Waals surface area (Å²) in [6.45, 7) is 0. The quantitative estimate of drug-likeness (QED) is 0.897. The minimum atomic E-state index is -4.26. The van der Waals surface area contributed by atoms with Crippen molar-refractivity contribution in [3.05, 3.63) is 58.1 Å². The van der Waals surface area contributed by atoms with Crippen LogP contribution in [-0.2, 0) is 10.0 Å². The van der Waals surface area contributed by atoms with Gasteiger partial charge in [-0.25, -0.2) is 17.2 Å². The van der Waals surface area contributed by atoms with Crippen LogP contribution in [0.25, 0.3) is 0 Å². The number of rotatable bonds is 3.